The number of rotatable bonds is 4. The van der Waals surface area contributed by atoms with E-state index in [1.54, 1.807) is 11.8 Å². The van der Waals surface area contributed by atoms with E-state index >= 15 is 0 Å². The van der Waals surface area contributed by atoms with Gasteiger partial charge in [-0.05, 0) is 37.1 Å². The van der Waals surface area contributed by atoms with Gasteiger partial charge < -0.3 is 4.74 Å². The highest BCUT2D eigenvalue weighted by Gasteiger charge is 2.24. The molecule has 0 saturated heterocycles. The molecular formula is C12H17NOS. The second-order valence-corrected chi connectivity index (χ2v) is 5.01. The van der Waals surface area contributed by atoms with E-state index in [-0.39, 0.29) is 0 Å². The Morgan fingerprint density at radius 3 is 2.67 bits per heavy atom. The predicted octanol–water partition coefficient (Wildman–Crippen LogP) is 3.47. The molecule has 0 bridgehead atoms. The molecular weight excluding hydrogens is 206 g/mol. The summed E-state index contributed by atoms with van der Waals surface area (Å²) in [6.45, 7) is 4.32. The number of nitrogens with zero attached hydrogens (tertiary/aromatic N) is 1. The fourth-order valence-corrected chi connectivity index (χ4v) is 1.88. The normalized spacial score (nSPS) is 15.7. The van der Waals surface area contributed by atoms with Gasteiger partial charge in [0.2, 0.25) is 0 Å². The highest BCUT2D eigenvalue weighted by atomic mass is 32.2. The van der Waals surface area contributed by atoms with Gasteiger partial charge in [-0.25, -0.2) is 4.98 Å². The zero-order valence-corrected chi connectivity index (χ0v) is 10.3. The van der Waals surface area contributed by atoms with Gasteiger partial charge in [-0.3, -0.25) is 0 Å². The average Bonchev–Trinajstić information content (AvgIpc) is 3.02. The van der Waals surface area contributed by atoms with Crippen molar-refractivity contribution in [3.8, 4) is 5.75 Å². The van der Waals surface area contributed by atoms with Crippen molar-refractivity contribution in [2.45, 2.75) is 43.7 Å². The smallest absolute Gasteiger partial charge is 0.151 e. The van der Waals surface area contributed by atoms with Crippen LogP contribution in [0, 0.1) is 0 Å². The van der Waals surface area contributed by atoms with Gasteiger partial charge in [0.25, 0.3) is 0 Å². The standard InChI is InChI=1S/C12H17NOS/c1-8(2)10-6-7-11(12(13-10)15-3)14-9-4-5-9/h6-9H,4-5H2,1-3H3. The molecule has 82 valence electrons. The van der Waals surface area contributed by atoms with Crippen LogP contribution in [-0.2, 0) is 0 Å². The summed E-state index contributed by atoms with van der Waals surface area (Å²) >= 11 is 1.66. The first-order chi connectivity index (χ1) is 7.20. The first-order valence-electron chi connectivity index (χ1n) is 5.42. The van der Waals surface area contributed by atoms with E-state index in [2.05, 4.69) is 31.0 Å². The Kier molecular flexibility index (Phi) is 3.19. The summed E-state index contributed by atoms with van der Waals surface area (Å²) < 4.78 is 5.80. The molecule has 15 heavy (non-hydrogen) atoms. The van der Waals surface area contributed by atoms with Crippen LogP contribution in [0.3, 0.4) is 0 Å². The van der Waals surface area contributed by atoms with Gasteiger partial charge >= 0.3 is 0 Å². The van der Waals surface area contributed by atoms with Crippen molar-refractivity contribution in [2.24, 2.45) is 0 Å². The lowest BCUT2D eigenvalue weighted by atomic mass is 10.1. The number of hydrogen-bond donors (Lipinski definition) is 0. The first kappa shape index (κ1) is 10.8. The van der Waals surface area contributed by atoms with Gasteiger partial charge in [0.1, 0.15) is 5.03 Å². The van der Waals surface area contributed by atoms with E-state index in [0.717, 1.165) is 16.5 Å². The van der Waals surface area contributed by atoms with Gasteiger partial charge in [0.05, 0.1) is 6.10 Å². The maximum Gasteiger partial charge on any atom is 0.151 e. The van der Waals surface area contributed by atoms with Crippen LogP contribution >= 0.6 is 11.8 Å². The molecule has 2 rings (SSSR count). The number of aromatic nitrogens is 1. The Balaban J connectivity index is 2.21. The van der Waals surface area contributed by atoms with Crippen molar-refractivity contribution in [2.75, 3.05) is 6.26 Å². The van der Waals surface area contributed by atoms with E-state index in [9.17, 15) is 0 Å². The Hall–Kier alpha value is -0.700. The second kappa shape index (κ2) is 4.44. The third kappa shape index (κ3) is 2.65. The van der Waals surface area contributed by atoms with Crippen LogP contribution in [0.15, 0.2) is 17.2 Å². The molecule has 3 heteroatoms. The zero-order chi connectivity index (χ0) is 10.8. The van der Waals surface area contributed by atoms with E-state index in [1.807, 2.05) is 6.26 Å². The number of hydrogen-bond acceptors (Lipinski definition) is 3. The molecule has 0 spiro atoms. The van der Waals surface area contributed by atoms with E-state index < -0.39 is 0 Å². The van der Waals surface area contributed by atoms with Crippen LogP contribution in [0.1, 0.15) is 38.3 Å². The molecule has 1 heterocycles. The van der Waals surface area contributed by atoms with Crippen LogP contribution in [0.4, 0.5) is 0 Å². The highest BCUT2D eigenvalue weighted by molar-refractivity contribution is 7.98. The van der Waals surface area contributed by atoms with Gasteiger partial charge in [0, 0.05) is 5.69 Å². The minimum atomic E-state index is 0.447. The van der Waals surface area contributed by atoms with Crippen LogP contribution in [-0.4, -0.2) is 17.3 Å². The monoisotopic (exact) mass is 223 g/mol. The molecule has 1 aromatic rings. The average molecular weight is 223 g/mol. The van der Waals surface area contributed by atoms with Gasteiger partial charge in [-0.2, -0.15) is 0 Å². The summed E-state index contributed by atoms with van der Waals surface area (Å²) in [4.78, 5) is 4.61. The summed E-state index contributed by atoms with van der Waals surface area (Å²) in [5.74, 6) is 1.43. The largest absolute Gasteiger partial charge is 0.488 e. The molecule has 1 aromatic heterocycles. The lowest BCUT2D eigenvalue weighted by Crippen LogP contribution is -2.01. The van der Waals surface area contributed by atoms with E-state index in [4.69, 9.17) is 4.74 Å². The van der Waals surface area contributed by atoms with Crippen molar-refractivity contribution in [3.63, 3.8) is 0 Å². The summed E-state index contributed by atoms with van der Waals surface area (Å²) in [5, 5.41) is 1.02. The maximum absolute atomic E-state index is 5.80. The third-order valence-corrected chi connectivity index (χ3v) is 3.13. The molecule has 0 amide bonds. The fourth-order valence-electron chi connectivity index (χ4n) is 1.36. The summed E-state index contributed by atoms with van der Waals surface area (Å²) in [5.41, 5.74) is 1.14. The Morgan fingerprint density at radius 2 is 2.13 bits per heavy atom. The van der Waals surface area contributed by atoms with E-state index in [0.29, 0.717) is 12.0 Å². The molecule has 1 saturated carbocycles. The molecule has 0 unspecified atom stereocenters. The van der Waals surface area contributed by atoms with Crippen LogP contribution in [0.5, 0.6) is 5.75 Å². The van der Waals surface area contributed by atoms with Crippen LogP contribution in [0.2, 0.25) is 0 Å². The topological polar surface area (TPSA) is 22.1 Å². The lowest BCUT2D eigenvalue weighted by Gasteiger charge is -2.11. The Morgan fingerprint density at radius 1 is 1.40 bits per heavy atom. The molecule has 0 radical (unpaired) electrons. The maximum atomic E-state index is 5.80. The second-order valence-electron chi connectivity index (χ2n) is 4.22. The molecule has 2 nitrogen and oxygen atoms in total. The van der Waals surface area contributed by atoms with Crippen molar-refractivity contribution in [1.29, 1.82) is 0 Å². The first-order valence-corrected chi connectivity index (χ1v) is 6.64. The molecule has 1 aliphatic carbocycles. The van der Waals surface area contributed by atoms with Crippen molar-refractivity contribution >= 4 is 11.8 Å². The minimum absolute atomic E-state index is 0.447. The van der Waals surface area contributed by atoms with E-state index in [1.165, 1.54) is 12.8 Å². The number of thioether (sulfide) groups is 1. The van der Waals surface area contributed by atoms with Gasteiger partial charge in [-0.15, -0.1) is 11.8 Å². The molecule has 1 fully saturated rings. The van der Waals surface area contributed by atoms with Crippen LogP contribution < -0.4 is 4.74 Å². The van der Waals surface area contributed by atoms with Crippen molar-refractivity contribution in [3.05, 3.63) is 17.8 Å². The minimum Gasteiger partial charge on any atom is -0.488 e. The van der Waals surface area contributed by atoms with Crippen molar-refractivity contribution < 1.29 is 4.74 Å². The molecule has 0 atom stereocenters. The fraction of sp³-hybridized carbons (Fsp3) is 0.583. The Labute approximate surface area is 95.4 Å². The van der Waals surface area contributed by atoms with Gasteiger partial charge in [0.15, 0.2) is 5.75 Å². The lowest BCUT2D eigenvalue weighted by molar-refractivity contribution is 0.293. The molecule has 0 N–H and O–H groups in total. The highest BCUT2D eigenvalue weighted by Crippen LogP contribution is 2.33. The van der Waals surface area contributed by atoms with Crippen LogP contribution in [0.25, 0.3) is 0 Å². The zero-order valence-electron chi connectivity index (χ0n) is 9.49. The quantitative estimate of drug-likeness (QED) is 0.730. The van der Waals surface area contributed by atoms with Gasteiger partial charge in [-0.1, -0.05) is 13.8 Å². The molecule has 1 aliphatic rings. The third-order valence-electron chi connectivity index (χ3n) is 2.45. The predicted molar refractivity (Wildman–Crippen MR) is 63.8 cm³/mol. The SMILES string of the molecule is CSc1nc(C(C)C)ccc1OC1CC1. The number of pyridine rings is 1. The molecule has 0 aromatic carbocycles. The Bertz CT molecular complexity index is 347. The summed E-state index contributed by atoms with van der Waals surface area (Å²) in [7, 11) is 0. The summed E-state index contributed by atoms with van der Waals surface area (Å²) in [6, 6.07) is 4.13. The van der Waals surface area contributed by atoms with Crippen molar-refractivity contribution in [1.82, 2.24) is 4.98 Å². The summed E-state index contributed by atoms with van der Waals surface area (Å²) in [6.07, 6.45) is 4.88. The molecule has 0 aliphatic heterocycles. The number of ether oxygens (including phenoxy) is 1.